The normalized spacial score (nSPS) is 10.4. The summed E-state index contributed by atoms with van der Waals surface area (Å²) < 4.78 is 0. The van der Waals surface area contributed by atoms with E-state index >= 15 is 0 Å². The van der Waals surface area contributed by atoms with Crippen LogP contribution in [0.2, 0.25) is 5.02 Å². The maximum absolute atomic E-state index is 11.6. The Hall–Kier alpha value is -3.26. The lowest BCUT2D eigenvalue weighted by Gasteiger charge is -2.10. The summed E-state index contributed by atoms with van der Waals surface area (Å²) in [5.41, 5.74) is 2.17. The summed E-state index contributed by atoms with van der Waals surface area (Å²) in [6.45, 7) is 3.77. The molecule has 0 saturated carbocycles. The van der Waals surface area contributed by atoms with Crippen LogP contribution in [0.1, 0.15) is 11.1 Å². The molecule has 1 aromatic carbocycles. The Morgan fingerprint density at radius 2 is 1.77 bits per heavy atom. The van der Waals surface area contributed by atoms with E-state index in [0.29, 0.717) is 16.5 Å². The van der Waals surface area contributed by atoms with Gasteiger partial charge in [-0.25, -0.2) is 15.0 Å². The number of aromatic nitrogens is 3. The third-order valence-electron chi connectivity index (χ3n) is 3.60. The molecule has 2 aromatic heterocycles. The van der Waals surface area contributed by atoms with Gasteiger partial charge in [0.1, 0.15) is 12.1 Å². The molecular formula is C17H15ClN6O2. The largest absolute Gasteiger partial charge is 0.353 e. The number of hydrogen-bond donors (Lipinski definition) is 2. The molecule has 2 heterocycles. The van der Waals surface area contributed by atoms with Crippen LogP contribution >= 0.6 is 11.6 Å². The molecule has 0 unspecified atom stereocenters. The zero-order chi connectivity index (χ0) is 18.7. The first kappa shape index (κ1) is 17.6. The molecule has 26 heavy (non-hydrogen) atoms. The molecule has 0 saturated heterocycles. The number of pyridine rings is 1. The molecule has 3 rings (SSSR count). The average molecular weight is 371 g/mol. The first-order chi connectivity index (χ1) is 12.4. The maximum Gasteiger partial charge on any atom is 0.353 e. The molecule has 0 aliphatic heterocycles. The smallest absolute Gasteiger partial charge is 0.334 e. The molecule has 0 fully saturated rings. The van der Waals surface area contributed by atoms with Gasteiger partial charge >= 0.3 is 5.69 Å². The minimum atomic E-state index is -0.545. The van der Waals surface area contributed by atoms with Gasteiger partial charge in [-0.2, -0.15) is 0 Å². The molecule has 0 bridgehead atoms. The highest BCUT2D eigenvalue weighted by Crippen LogP contribution is 2.33. The third kappa shape index (κ3) is 3.86. The summed E-state index contributed by atoms with van der Waals surface area (Å²) in [5, 5.41) is 18.0. The molecule has 2 N–H and O–H groups in total. The molecule has 0 radical (unpaired) electrons. The fraction of sp³-hybridized carbons (Fsp3) is 0.118. The standard InChI is InChI=1S/C17H15ClN6O2/c1-10-5-6-19-14(7-10)23-17-15(24(25)26)16(20-9-21-17)22-12-4-3-11(2)13(18)8-12/h3-9H,1-2H3,(H2,19,20,21,22,23). The van der Waals surface area contributed by atoms with Crippen molar-refractivity contribution >= 4 is 40.4 Å². The Labute approximate surface area is 154 Å². The van der Waals surface area contributed by atoms with Gasteiger partial charge in [-0.1, -0.05) is 17.7 Å². The molecule has 0 spiro atoms. The van der Waals surface area contributed by atoms with Gasteiger partial charge in [-0.05, 0) is 49.2 Å². The number of nitrogens with zero attached hydrogens (tertiary/aromatic N) is 4. The fourth-order valence-electron chi connectivity index (χ4n) is 2.27. The first-order valence-electron chi connectivity index (χ1n) is 7.66. The topological polar surface area (TPSA) is 106 Å². The molecule has 0 aliphatic rings. The number of aryl methyl sites for hydroxylation is 2. The predicted octanol–water partition coefficient (Wildman–Crippen LogP) is 4.54. The summed E-state index contributed by atoms with van der Waals surface area (Å²) in [5.74, 6) is 0.556. The Morgan fingerprint density at radius 3 is 2.42 bits per heavy atom. The highest BCUT2D eigenvalue weighted by atomic mass is 35.5. The van der Waals surface area contributed by atoms with Gasteiger partial charge in [-0.3, -0.25) is 10.1 Å². The molecule has 0 atom stereocenters. The van der Waals surface area contributed by atoms with Gasteiger partial charge < -0.3 is 10.6 Å². The minimum Gasteiger partial charge on any atom is -0.334 e. The number of nitrogens with one attached hydrogen (secondary N) is 2. The number of halogens is 1. The number of rotatable bonds is 5. The molecule has 0 amide bonds. The van der Waals surface area contributed by atoms with E-state index in [0.717, 1.165) is 11.1 Å². The Morgan fingerprint density at radius 1 is 1.04 bits per heavy atom. The van der Waals surface area contributed by atoms with Crippen molar-refractivity contribution in [2.75, 3.05) is 10.6 Å². The summed E-state index contributed by atoms with van der Waals surface area (Å²) in [4.78, 5) is 23.2. The van der Waals surface area contributed by atoms with E-state index in [4.69, 9.17) is 11.6 Å². The van der Waals surface area contributed by atoms with E-state index in [2.05, 4.69) is 25.6 Å². The van der Waals surface area contributed by atoms with E-state index in [9.17, 15) is 10.1 Å². The predicted molar refractivity (Wildman–Crippen MR) is 100 cm³/mol. The number of benzene rings is 1. The molecule has 9 heteroatoms. The zero-order valence-electron chi connectivity index (χ0n) is 14.0. The SMILES string of the molecule is Cc1ccnc(Nc2ncnc(Nc3ccc(C)c(Cl)c3)c2[N+](=O)[O-])c1. The summed E-state index contributed by atoms with van der Waals surface area (Å²) in [7, 11) is 0. The van der Waals surface area contributed by atoms with Crippen molar-refractivity contribution in [3.8, 4) is 0 Å². The van der Waals surface area contributed by atoms with Crippen LogP contribution in [0.15, 0.2) is 42.9 Å². The van der Waals surface area contributed by atoms with Crippen LogP contribution < -0.4 is 10.6 Å². The van der Waals surface area contributed by atoms with Gasteiger partial charge in [-0.15, -0.1) is 0 Å². The summed E-state index contributed by atoms with van der Waals surface area (Å²) in [6, 6.07) is 8.85. The number of nitro groups is 1. The Kier molecular flexibility index (Phi) is 4.94. The molecule has 132 valence electrons. The van der Waals surface area contributed by atoms with Gasteiger partial charge in [0, 0.05) is 16.9 Å². The van der Waals surface area contributed by atoms with Crippen molar-refractivity contribution in [2.24, 2.45) is 0 Å². The van der Waals surface area contributed by atoms with Crippen molar-refractivity contribution in [1.82, 2.24) is 15.0 Å². The second-order valence-corrected chi connectivity index (χ2v) is 6.02. The molecule has 3 aromatic rings. The lowest BCUT2D eigenvalue weighted by Crippen LogP contribution is -2.06. The van der Waals surface area contributed by atoms with E-state index < -0.39 is 4.92 Å². The average Bonchev–Trinajstić information content (AvgIpc) is 2.58. The molecule has 8 nitrogen and oxygen atoms in total. The van der Waals surface area contributed by atoms with Crippen LogP contribution in [-0.4, -0.2) is 19.9 Å². The van der Waals surface area contributed by atoms with Crippen LogP contribution in [0.5, 0.6) is 0 Å². The lowest BCUT2D eigenvalue weighted by molar-refractivity contribution is -0.383. The third-order valence-corrected chi connectivity index (χ3v) is 4.01. The highest BCUT2D eigenvalue weighted by Gasteiger charge is 2.23. The zero-order valence-corrected chi connectivity index (χ0v) is 14.8. The van der Waals surface area contributed by atoms with Gasteiger partial charge in [0.2, 0.25) is 11.6 Å². The summed E-state index contributed by atoms with van der Waals surface area (Å²) >= 11 is 6.11. The van der Waals surface area contributed by atoms with Crippen molar-refractivity contribution in [2.45, 2.75) is 13.8 Å². The highest BCUT2D eigenvalue weighted by molar-refractivity contribution is 6.31. The number of anilines is 4. The second kappa shape index (κ2) is 7.32. The van der Waals surface area contributed by atoms with Crippen molar-refractivity contribution < 1.29 is 4.92 Å². The van der Waals surface area contributed by atoms with Crippen LogP contribution in [0, 0.1) is 24.0 Å². The van der Waals surface area contributed by atoms with E-state index in [1.807, 2.05) is 26.0 Å². The Bertz CT molecular complexity index is 979. The van der Waals surface area contributed by atoms with Gasteiger partial charge in [0.25, 0.3) is 0 Å². The van der Waals surface area contributed by atoms with Crippen LogP contribution in [0.4, 0.5) is 28.8 Å². The van der Waals surface area contributed by atoms with Crippen LogP contribution in [0.3, 0.4) is 0 Å². The van der Waals surface area contributed by atoms with Crippen molar-refractivity contribution in [1.29, 1.82) is 0 Å². The monoisotopic (exact) mass is 370 g/mol. The first-order valence-corrected chi connectivity index (χ1v) is 8.04. The molecule has 0 aliphatic carbocycles. The quantitative estimate of drug-likeness (QED) is 0.501. The maximum atomic E-state index is 11.6. The van der Waals surface area contributed by atoms with Gasteiger partial charge in [0.05, 0.1) is 4.92 Å². The van der Waals surface area contributed by atoms with E-state index in [-0.39, 0.29) is 17.3 Å². The fourth-order valence-corrected chi connectivity index (χ4v) is 2.45. The van der Waals surface area contributed by atoms with E-state index in [1.165, 1.54) is 6.33 Å². The van der Waals surface area contributed by atoms with Crippen LogP contribution in [-0.2, 0) is 0 Å². The Balaban J connectivity index is 1.98. The second-order valence-electron chi connectivity index (χ2n) is 5.61. The number of hydrogen-bond acceptors (Lipinski definition) is 7. The van der Waals surface area contributed by atoms with Crippen LogP contribution in [0.25, 0.3) is 0 Å². The summed E-state index contributed by atoms with van der Waals surface area (Å²) in [6.07, 6.45) is 2.85. The van der Waals surface area contributed by atoms with Crippen molar-refractivity contribution in [3.05, 3.63) is 69.1 Å². The molecular weight excluding hydrogens is 356 g/mol. The lowest BCUT2D eigenvalue weighted by atomic mass is 10.2. The van der Waals surface area contributed by atoms with E-state index in [1.54, 1.807) is 24.4 Å². The minimum absolute atomic E-state index is 0.0452. The van der Waals surface area contributed by atoms with Crippen molar-refractivity contribution in [3.63, 3.8) is 0 Å². The van der Waals surface area contributed by atoms with Gasteiger partial charge in [0.15, 0.2) is 0 Å².